The molecule has 0 bridgehead atoms. The molecular formula is C54H48. The molecule has 0 N–H and O–H groups in total. The van der Waals surface area contributed by atoms with Crippen molar-refractivity contribution >= 4 is 75.4 Å². The highest BCUT2D eigenvalue weighted by Gasteiger charge is 2.26. The molecule has 0 aliphatic carbocycles. The van der Waals surface area contributed by atoms with E-state index in [0.717, 1.165) is 12.8 Å². The summed E-state index contributed by atoms with van der Waals surface area (Å²) in [7, 11) is 0. The number of hydrogen-bond donors (Lipinski definition) is 0. The largest absolute Gasteiger partial charge is 0.0654 e. The number of rotatable bonds is 12. The molecule has 0 aliphatic rings. The molecule has 0 amide bonds. The molecular weight excluding hydrogens is 649 g/mol. The van der Waals surface area contributed by atoms with Crippen LogP contribution in [0, 0.1) is 0 Å². The molecule has 0 atom stereocenters. The quantitative estimate of drug-likeness (QED) is 0.0881. The van der Waals surface area contributed by atoms with E-state index in [1.54, 1.807) is 0 Å². The lowest BCUT2D eigenvalue weighted by Crippen LogP contribution is -1.93. The standard InChI is InChI=1S/C54H48/c1-3-5-7-9-16-35-26-30-38(31-27-35)49-47-34-46-41-21-12-11-20-40(41)42-22-15-25-45(51(42)46)52(47)50(39-32-28-36(29-33-39)17-10-8-6-4-2)54-44-24-14-19-37-18-13-23-43(48(37)44)53(49)54/h11-15,18-34H,3-10,16-17H2,1-2H3. The topological polar surface area (TPSA) is 0 Å². The smallest absolute Gasteiger partial charge is 0.000719 e. The Kier molecular flexibility index (Phi) is 8.44. The fourth-order valence-electron chi connectivity index (χ4n) is 9.92. The summed E-state index contributed by atoms with van der Waals surface area (Å²) in [5.74, 6) is 0. The Balaban J connectivity index is 1.34. The Morgan fingerprint density at radius 1 is 0.315 bits per heavy atom. The predicted octanol–water partition coefficient (Wildman–Crippen LogP) is 16.2. The maximum absolute atomic E-state index is 2.57. The highest BCUT2D eigenvalue weighted by Crippen LogP contribution is 2.54. The van der Waals surface area contributed by atoms with Crippen molar-refractivity contribution in [2.24, 2.45) is 0 Å². The molecule has 10 aromatic carbocycles. The second-order valence-corrected chi connectivity index (χ2v) is 15.8. The third-order valence-corrected chi connectivity index (χ3v) is 12.5. The zero-order valence-corrected chi connectivity index (χ0v) is 31.8. The van der Waals surface area contributed by atoms with Crippen molar-refractivity contribution in [1.29, 1.82) is 0 Å². The number of fused-ring (bicyclic) bond motifs is 8. The average molecular weight is 697 g/mol. The Morgan fingerprint density at radius 2 is 0.796 bits per heavy atom. The molecule has 0 saturated heterocycles. The van der Waals surface area contributed by atoms with Crippen molar-refractivity contribution in [3.63, 3.8) is 0 Å². The first-order chi connectivity index (χ1) is 26.7. The predicted molar refractivity (Wildman–Crippen MR) is 238 cm³/mol. The summed E-state index contributed by atoms with van der Waals surface area (Å²) in [6.07, 6.45) is 12.6. The van der Waals surface area contributed by atoms with E-state index in [9.17, 15) is 0 Å². The lowest BCUT2D eigenvalue weighted by atomic mass is 9.83. The summed E-state index contributed by atoms with van der Waals surface area (Å²) >= 11 is 0. The van der Waals surface area contributed by atoms with E-state index in [1.165, 1.54) is 160 Å². The fourth-order valence-corrected chi connectivity index (χ4v) is 9.92. The van der Waals surface area contributed by atoms with Gasteiger partial charge < -0.3 is 0 Å². The van der Waals surface area contributed by atoms with Gasteiger partial charge in [-0.3, -0.25) is 0 Å². The summed E-state index contributed by atoms with van der Waals surface area (Å²) in [5.41, 5.74) is 8.23. The van der Waals surface area contributed by atoms with Crippen LogP contribution in [0.25, 0.3) is 97.7 Å². The van der Waals surface area contributed by atoms with Gasteiger partial charge in [-0.25, -0.2) is 0 Å². The molecule has 0 heterocycles. The molecule has 0 radical (unpaired) electrons. The van der Waals surface area contributed by atoms with E-state index in [1.807, 2.05) is 0 Å². The van der Waals surface area contributed by atoms with E-state index < -0.39 is 0 Å². The molecule has 0 fully saturated rings. The average Bonchev–Trinajstić information content (AvgIpc) is 3.73. The van der Waals surface area contributed by atoms with Crippen LogP contribution in [0.4, 0.5) is 0 Å². The Hall–Kier alpha value is -5.46. The minimum Gasteiger partial charge on any atom is -0.0654 e. The first kappa shape index (κ1) is 33.1. The lowest BCUT2D eigenvalue weighted by Gasteiger charge is -2.19. The van der Waals surface area contributed by atoms with E-state index in [4.69, 9.17) is 0 Å². The van der Waals surface area contributed by atoms with Crippen LogP contribution in [0.5, 0.6) is 0 Å². The molecule has 10 rings (SSSR count). The van der Waals surface area contributed by atoms with Crippen LogP contribution >= 0.6 is 0 Å². The zero-order valence-electron chi connectivity index (χ0n) is 31.8. The highest BCUT2D eigenvalue weighted by molar-refractivity contribution is 6.44. The maximum atomic E-state index is 2.57. The van der Waals surface area contributed by atoms with E-state index >= 15 is 0 Å². The molecule has 0 spiro atoms. The molecule has 0 aliphatic heterocycles. The monoisotopic (exact) mass is 696 g/mol. The summed E-state index contributed by atoms with van der Waals surface area (Å²) in [6, 6.07) is 51.8. The van der Waals surface area contributed by atoms with E-state index in [0.29, 0.717) is 0 Å². The third kappa shape index (κ3) is 5.25. The normalized spacial score (nSPS) is 12.3. The minimum atomic E-state index is 1.14. The number of hydrogen-bond acceptors (Lipinski definition) is 0. The summed E-state index contributed by atoms with van der Waals surface area (Å²) in [5, 5.41) is 19.1. The zero-order chi connectivity index (χ0) is 36.2. The van der Waals surface area contributed by atoms with Gasteiger partial charge in [-0.15, -0.1) is 0 Å². The third-order valence-electron chi connectivity index (χ3n) is 12.5. The van der Waals surface area contributed by atoms with Crippen LogP contribution in [0.15, 0.2) is 133 Å². The second-order valence-electron chi connectivity index (χ2n) is 15.8. The molecule has 0 unspecified atom stereocenters. The van der Waals surface area contributed by atoms with Crippen molar-refractivity contribution in [3.05, 3.63) is 145 Å². The lowest BCUT2D eigenvalue weighted by molar-refractivity contribution is 0.667. The van der Waals surface area contributed by atoms with Crippen LogP contribution in [0.1, 0.15) is 76.3 Å². The van der Waals surface area contributed by atoms with Gasteiger partial charge in [0.25, 0.3) is 0 Å². The molecule has 0 nitrogen and oxygen atoms in total. The highest BCUT2D eigenvalue weighted by atomic mass is 14.3. The van der Waals surface area contributed by atoms with Crippen LogP contribution in [0.3, 0.4) is 0 Å². The van der Waals surface area contributed by atoms with Crippen molar-refractivity contribution in [2.75, 3.05) is 0 Å². The fraction of sp³-hybridized carbons (Fsp3) is 0.222. The van der Waals surface area contributed by atoms with Crippen molar-refractivity contribution < 1.29 is 0 Å². The van der Waals surface area contributed by atoms with Gasteiger partial charge >= 0.3 is 0 Å². The summed E-state index contributed by atoms with van der Waals surface area (Å²) < 4.78 is 0. The Bertz CT molecular complexity index is 2920. The van der Waals surface area contributed by atoms with Crippen LogP contribution in [0.2, 0.25) is 0 Å². The molecule has 10 aromatic rings. The Labute approximate surface area is 319 Å². The first-order valence-electron chi connectivity index (χ1n) is 20.7. The number of aryl methyl sites for hydroxylation is 2. The molecule has 0 saturated carbocycles. The van der Waals surface area contributed by atoms with Crippen LogP contribution < -0.4 is 0 Å². The molecule has 0 aromatic heterocycles. The van der Waals surface area contributed by atoms with Gasteiger partial charge in [0.15, 0.2) is 0 Å². The van der Waals surface area contributed by atoms with Gasteiger partial charge in [-0.05, 0) is 141 Å². The van der Waals surface area contributed by atoms with Gasteiger partial charge in [-0.1, -0.05) is 180 Å². The molecule has 0 heteroatoms. The van der Waals surface area contributed by atoms with Crippen molar-refractivity contribution in [1.82, 2.24) is 0 Å². The van der Waals surface area contributed by atoms with Gasteiger partial charge in [-0.2, -0.15) is 0 Å². The van der Waals surface area contributed by atoms with Crippen LogP contribution in [-0.4, -0.2) is 0 Å². The molecule has 264 valence electrons. The van der Waals surface area contributed by atoms with Gasteiger partial charge in [0.2, 0.25) is 0 Å². The van der Waals surface area contributed by atoms with Crippen molar-refractivity contribution in [3.8, 4) is 22.3 Å². The summed E-state index contributed by atoms with van der Waals surface area (Å²) in [4.78, 5) is 0. The van der Waals surface area contributed by atoms with Crippen molar-refractivity contribution in [2.45, 2.75) is 78.1 Å². The van der Waals surface area contributed by atoms with Gasteiger partial charge in [0.1, 0.15) is 0 Å². The maximum Gasteiger partial charge on any atom is -0.000719 e. The molecule has 54 heavy (non-hydrogen) atoms. The van der Waals surface area contributed by atoms with Crippen LogP contribution in [-0.2, 0) is 12.8 Å². The van der Waals surface area contributed by atoms with E-state index in [-0.39, 0.29) is 0 Å². The van der Waals surface area contributed by atoms with E-state index in [2.05, 4.69) is 147 Å². The summed E-state index contributed by atoms with van der Waals surface area (Å²) in [6.45, 7) is 4.59. The number of unbranched alkanes of at least 4 members (excludes halogenated alkanes) is 6. The minimum absolute atomic E-state index is 1.14. The first-order valence-corrected chi connectivity index (χ1v) is 20.7. The van der Waals surface area contributed by atoms with Gasteiger partial charge in [0.05, 0.1) is 0 Å². The SMILES string of the molecule is CCCCCCc1ccc(-c2c3cc4c5ccccc5c5cccc(c3c(-c3ccc(CCCCCC)cc3)c3c6cccc7cccc(c23)c76)c54)cc1. The van der Waals surface area contributed by atoms with Gasteiger partial charge in [0, 0.05) is 0 Å². The second kappa shape index (κ2) is 13.7. The Morgan fingerprint density at radius 3 is 1.39 bits per heavy atom. The number of benzene rings is 8.